The molecule has 1 N–H and O–H groups in total. The molecule has 1 atom stereocenters. The first-order valence-electron chi connectivity index (χ1n) is 7.96. The Morgan fingerprint density at radius 2 is 1.95 bits per heavy atom. The Morgan fingerprint density at radius 1 is 1.09 bits per heavy atom. The van der Waals surface area contributed by atoms with Crippen molar-refractivity contribution in [3.63, 3.8) is 0 Å². The Bertz CT molecular complexity index is 723. The quantitative estimate of drug-likeness (QED) is 0.921. The van der Waals surface area contributed by atoms with Gasteiger partial charge in [0.05, 0.1) is 12.6 Å². The smallest absolute Gasteiger partial charge is 0.251 e. The third-order valence-corrected chi connectivity index (χ3v) is 4.62. The lowest BCUT2D eigenvalue weighted by Crippen LogP contribution is -2.32. The summed E-state index contributed by atoms with van der Waals surface area (Å²) in [7, 11) is 0. The maximum atomic E-state index is 12.6. The molecule has 0 radical (unpaired) electrons. The van der Waals surface area contributed by atoms with Crippen LogP contribution in [0.4, 0.5) is 0 Å². The highest BCUT2D eigenvalue weighted by atomic mass is 16.5. The van der Waals surface area contributed by atoms with Crippen LogP contribution < -0.4 is 10.1 Å². The molecule has 1 amide bonds. The maximum absolute atomic E-state index is 12.6. The average molecular weight is 293 g/mol. The number of aryl methyl sites for hydroxylation is 2. The number of carbonyl (C=O) groups excluding carboxylic acids is 1. The van der Waals surface area contributed by atoms with E-state index in [1.54, 1.807) is 0 Å². The zero-order valence-electron chi connectivity index (χ0n) is 12.5. The molecule has 0 spiro atoms. The molecule has 2 aromatic rings. The summed E-state index contributed by atoms with van der Waals surface area (Å²) in [5.74, 6) is 0.893. The van der Waals surface area contributed by atoms with E-state index < -0.39 is 0 Å². The molecule has 2 aromatic carbocycles. The van der Waals surface area contributed by atoms with E-state index in [9.17, 15) is 4.79 Å². The summed E-state index contributed by atoms with van der Waals surface area (Å²) in [6, 6.07) is 14.1. The number of rotatable bonds is 2. The number of para-hydroxylation sites is 1. The Labute approximate surface area is 130 Å². The molecule has 3 nitrogen and oxygen atoms in total. The number of ether oxygens (including phenoxy) is 1. The fourth-order valence-electron chi connectivity index (χ4n) is 3.45. The molecule has 0 fully saturated rings. The van der Waals surface area contributed by atoms with Gasteiger partial charge in [-0.05, 0) is 48.6 Å². The minimum Gasteiger partial charge on any atom is -0.493 e. The minimum absolute atomic E-state index is 0.0106. The maximum Gasteiger partial charge on any atom is 0.251 e. The van der Waals surface area contributed by atoms with Crippen molar-refractivity contribution >= 4 is 5.91 Å². The van der Waals surface area contributed by atoms with Crippen LogP contribution in [0.1, 0.15) is 45.9 Å². The summed E-state index contributed by atoms with van der Waals surface area (Å²) in [5.41, 5.74) is 4.57. The molecular weight excluding hydrogens is 274 g/mol. The van der Waals surface area contributed by atoms with Crippen LogP contribution in [0.2, 0.25) is 0 Å². The molecule has 2 aliphatic rings. The van der Waals surface area contributed by atoms with Gasteiger partial charge in [-0.25, -0.2) is 0 Å². The van der Waals surface area contributed by atoms with Gasteiger partial charge in [0, 0.05) is 17.5 Å². The number of benzene rings is 2. The molecule has 1 aliphatic heterocycles. The van der Waals surface area contributed by atoms with Crippen molar-refractivity contribution in [1.29, 1.82) is 0 Å². The lowest BCUT2D eigenvalue weighted by atomic mass is 9.99. The summed E-state index contributed by atoms with van der Waals surface area (Å²) in [4.78, 5) is 12.6. The second kappa shape index (κ2) is 5.48. The largest absolute Gasteiger partial charge is 0.493 e. The number of amides is 1. The first kappa shape index (κ1) is 13.4. The van der Waals surface area contributed by atoms with E-state index in [4.69, 9.17) is 4.74 Å². The van der Waals surface area contributed by atoms with E-state index in [0.717, 1.165) is 36.1 Å². The number of carbonyl (C=O) groups is 1. The van der Waals surface area contributed by atoms with Crippen molar-refractivity contribution < 1.29 is 9.53 Å². The fraction of sp³-hybridized carbons (Fsp3) is 0.316. The molecule has 112 valence electrons. The van der Waals surface area contributed by atoms with E-state index in [2.05, 4.69) is 17.4 Å². The van der Waals surface area contributed by atoms with E-state index in [1.807, 2.05) is 30.3 Å². The van der Waals surface area contributed by atoms with Crippen molar-refractivity contribution in [2.75, 3.05) is 6.61 Å². The second-order valence-electron chi connectivity index (χ2n) is 6.04. The minimum atomic E-state index is 0.0106. The fourth-order valence-corrected chi connectivity index (χ4v) is 3.45. The number of nitrogens with one attached hydrogen (secondary N) is 1. The zero-order chi connectivity index (χ0) is 14.9. The predicted octanol–water partition coefficient (Wildman–Crippen LogP) is 3.43. The van der Waals surface area contributed by atoms with E-state index in [-0.39, 0.29) is 11.9 Å². The molecule has 3 heteroatoms. The normalized spacial score (nSPS) is 19.0. The lowest BCUT2D eigenvalue weighted by molar-refractivity contribution is 0.0924. The van der Waals surface area contributed by atoms with Crippen molar-refractivity contribution in [3.8, 4) is 5.75 Å². The van der Waals surface area contributed by atoms with Crippen LogP contribution >= 0.6 is 0 Å². The Hall–Kier alpha value is -2.29. The van der Waals surface area contributed by atoms with Gasteiger partial charge in [-0.15, -0.1) is 0 Å². The summed E-state index contributed by atoms with van der Waals surface area (Å²) in [6.45, 7) is 0.645. The highest BCUT2D eigenvalue weighted by Crippen LogP contribution is 2.32. The molecule has 0 saturated carbocycles. The summed E-state index contributed by atoms with van der Waals surface area (Å²) < 4.78 is 5.65. The van der Waals surface area contributed by atoms with E-state index >= 15 is 0 Å². The van der Waals surface area contributed by atoms with Crippen molar-refractivity contribution in [2.24, 2.45) is 0 Å². The van der Waals surface area contributed by atoms with E-state index in [0.29, 0.717) is 6.61 Å². The SMILES string of the molecule is O=C(N[C@@H]1CCOc2ccccc21)c1ccc2c(c1)CCC2. The van der Waals surface area contributed by atoms with Crippen LogP contribution in [0.25, 0.3) is 0 Å². The van der Waals surface area contributed by atoms with Crippen LogP contribution in [-0.2, 0) is 12.8 Å². The Morgan fingerprint density at radius 3 is 2.91 bits per heavy atom. The summed E-state index contributed by atoms with van der Waals surface area (Å²) >= 11 is 0. The summed E-state index contributed by atoms with van der Waals surface area (Å²) in [5, 5.41) is 3.16. The van der Waals surface area contributed by atoms with Gasteiger partial charge in [0.2, 0.25) is 0 Å². The van der Waals surface area contributed by atoms with Crippen LogP contribution in [0, 0.1) is 0 Å². The molecule has 1 aliphatic carbocycles. The van der Waals surface area contributed by atoms with Gasteiger partial charge in [-0.2, -0.15) is 0 Å². The Kier molecular flexibility index (Phi) is 3.34. The van der Waals surface area contributed by atoms with Gasteiger partial charge in [0.15, 0.2) is 0 Å². The topological polar surface area (TPSA) is 38.3 Å². The molecule has 1 heterocycles. The van der Waals surface area contributed by atoms with Crippen LogP contribution in [-0.4, -0.2) is 12.5 Å². The standard InChI is InChI=1S/C19H19NO2/c21-19(15-9-8-13-4-3-5-14(13)12-15)20-17-10-11-22-18-7-2-1-6-16(17)18/h1-2,6-9,12,17H,3-5,10-11H2,(H,20,21)/t17-/m1/s1. The van der Waals surface area contributed by atoms with Gasteiger partial charge >= 0.3 is 0 Å². The molecule has 4 rings (SSSR count). The molecule has 0 bridgehead atoms. The highest BCUT2D eigenvalue weighted by Gasteiger charge is 2.23. The number of hydrogen-bond acceptors (Lipinski definition) is 2. The average Bonchev–Trinajstić information content (AvgIpc) is 3.02. The first-order valence-corrected chi connectivity index (χ1v) is 7.96. The van der Waals surface area contributed by atoms with Crippen LogP contribution in [0.3, 0.4) is 0 Å². The molecule has 22 heavy (non-hydrogen) atoms. The Balaban J connectivity index is 1.55. The predicted molar refractivity (Wildman–Crippen MR) is 85.2 cm³/mol. The van der Waals surface area contributed by atoms with E-state index in [1.165, 1.54) is 17.5 Å². The van der Waals surface area contributed by atoms with Crippen molar-refractivity contribution in [1.82, 2.24) is 5.32 Å². The molecule has 0 saturated heterocycles. The highest BCUT2D eigenvalue weighted by molar-refractivity contribution is 5.94. The van der Waals surface area contributed by atoms with Gasteiger partial charge in [0.1, 0.15) is 5.75 Å². The van der Waals surface area contributed by atoms with Crippen LogP contribution in [0.15, 0.2) is 42.5 Å². The monoisotopic (exact) mass is 293 g/mol. The van der Waals surface area contributed by atoms with Gasteiger partial charge in [-0.3, -0.25) is 4.79 Å². The first-order chi connectivity index (χ1) is 10.8. The number of fused-ring (bicyclic) bond motifs is 2. The van der Waals surface area contributed by atoms with Crippen molar-refractivity contribution in [3.05, 3.63) is 64.7 Å². The molecule has 0 aromatic heterocycles. The van der Waals surface area contributed by atoms with Crippen molar-refractivity contribution in [2.45, 2.75) is 31.7 Å². The second-order valence-corrected chi connectivity index (χ2v) is 6.04. The van der Waals surface area contributed by atoms with Gasteiger partial charge < -0.3 is 10.1 Å². The third-order valence-electron chi connectivity index (χ3n) is 4.62. The molecular formula is C19H19NO2. The third kappa shape index (κ3) is 2.37. The van der Waals surface area contributed by atoms with Crippen LogP contribution in [0.5, 0.6) is 5.75 Å². The lowest BCUT2D eigenvalue weighted by Gasteiger charge is -2.26. The zero-order valence-corrected chi connectivity index (χ0v) is 12.5. The number of hydrogen-bond donors (Lipinski definition) is 1. The van der Waals surface area contributed by atoms with Gasteiger partial charge in [-0.1, -0.05) is 24.3 Å². The molecule has 0 unspecified atom stereocenters. The summed E-state index contributed by atoms with van der Waals surface area (Å²) in [6.07, 6.45) is 4.25. The van der Waals surface area contributed by atoms with Gasteiger partial charge in [0.25, 0.3) is 5.91 Å².